The zero-order valence-electron chi connectivity index (χ0n) is 10.8. The summed E-state index contributed by atoms with van der Waals surface area (Å²) in [4.78, 5) is 27.3. The molecule has 0 unspecified atom stereocenters. The number of rotatable bonds is 4. The first kappa shape index (κ1) is 13.6. The fourth-order valence-corrected chi connectivity index (χ4v) is 1.53. The van der Waals surface area contributed by atoms with Crippen LogP contribution in [0.15, 0.2) is 48.5 Å². The van der Waals surface area contributed by atoms with Gasteiger partial charge >= 0.3 is 11.9 Å². The molecule has 0 aliphatic rings. The maximum Gasteiger partial charge on any atom is 0.362 e. The third-order valence-electron chi connectivity index (χ3n) is 2.68. The summed E-state index contributed by atoms with van der Waals surface area (Å²) in [6.45, 7) is 1.96. The van der Waals surface area contributed by atoms with Crippen molar-refractivity contribution in [2.24, 2.45) is 0 Å². The lowest BCUT2D eigenvalue weighted by atomic mass is 10.1. The third-order valence-corrected chi connectivity index (χ3v) is 2.68. The van der Waals surface area contributed by atoms with Gasteiger partial charge < -0.3 is 9.94 Å². The number of carbonyl (C=O) groups excluding carboxylic acids is 1. The molecule has 2 aromatic carbocycles. The normalized spacial score (nSPS) is 9.85. The van der Waals surface area contributed by atoms with E-state index in [1.165, 1.54) is 24.3 Å². The number of carboxylic acid groups (broad SMARTS) is 1. The van der Waals surface area contributed by atoms with E-state index in [4.69, 9.17) is 9.94 Å². The Bertz CT molecular complexity index is 617. The number of anilines is 1. The molecule has 0 amide bonds. The van der Waals surface area contributed by atoms with Crippen molar-refractivity contribution in [2.75, 3.05) is 5.48 Å². The molecular weight excluding hydrogens is 258 g/mol. The molecule has 2 rings (SSSR count). The van der Waals surface area contributed by atoms with Crippen molar-refractivity contribution in [3.63, 3.8) is 0 Å². The molecule has 0 aliphatic carbocycles. The van der Waals surface area contributed by atoms with Gasteiger partial charge in [-0.2, -0.15) is 0 Å². The lowest BCUT2D eigenvalue weighted by Gasteiger charge is -2.07. The summed E-state index contributed by atoms with van der Waals surface area (Å²) >= 11 is 0. The van der Waals surface area contributed by atoms with Crippen molar-refractivity contribution in [2.45, 2.75) is 6.92 Å². The molecule has 0 saturated heterocycles. The number of benzene rings is 2. The van der Waals surface area contributed by atoms with Crippen molar-refractivity contribution in [3.8, 4) is 0 Å². The van der Waals surface area contributed by atoms with Crippen molar-refractivity contribution >= 4 is 17.6 Å². The Labute approximate surface area is 115 Å². The Morgan fingerprint density at radius 2 is 1.50 bits per heavy atom. The first-order valence-electron chi connectivity index (χ1n) is 5.93. The zero-order chi connectivity index (χ0) is 14.5. The zero-order valence-corrected chi connectivity index (χ0v) is 10.8. The van der Waals surface area contributed by atoms with Crippen LogP contribution in [-0.2, 0) is 4.84 Å². The first-order valence-corrected chi connectivity index (χ1v) is 5.93. The highest BCUT2D eigenvalue weighted by Gasteiger charge is 2.09. The summed E-state index contributed by atoms with van der Waals surface area (Å²) in [6.07, 6.45) is 0. The average Bonchev–Trinajstić information content (AvgIpc) is 2.46. The Balaban J connectivity index is 1.97. The number of aromatic carboxylic acids is 1. The van der Waals surface area contributed by atoms with E-state index >= 15 is 0 Å². The van der Waals surface area contributed by atoms with Gasteiger partial charge in [0.25, 0.3) is 0 Å². The van der Waals surface area contributed by atoms with Gasteiger partial charge in [-0.05, 0) is 43.3 Å². The van der Waals surface area contributed by atoms with Gasteiger partial charge in [-0.3, -0.25) is 0 Å². The number of aryl methyl sites for hydroxylation is 1. The minimum absolute atomic E-state index is 0.119. The van der Waals surface area contributed by atoms with Gasteiger partial charge in [0.1, 0.15) is 0 Å². The maximum atomic E-state index is 11.7. The summed E-state index contributed by atoms with van der Waals surface area (Å²) in [5.41, 5.74) is 4.69. The van der Waals surface area contributed by atoms with Crippen LogP contribution < -0.4 is 5.48 Å². The van der Waals surface area contributed by atoms with Crippen LogP contribution >= 0.6 is 0 Å². The lowest BCUT2D eigenvalue weighted by Crippen LogP contribution is -2.11. The molecule has 2 N–H and O–H groups in total. The lowest BCUT2D eigenvalue weighted by molar-refractivity contribution is 0.0594. The van der Waals surface area contributed by atoms with Crippen LogP contribution in [0.2, 0.25) is 0 Å². The van der Waals surface area contributed by atoms with Crippen molar-refractivity contribution in [3.05, 3.63) is 65.2 Å². The quantitative estimate of drug-likeness (QED) is 0.836. The molecule has 0 aliphatic heterocycles. The van der Waals surface area contributed by atoms with E-state index in [1.807, 2.05) is 19.1 Å². The van der Waals surface area contributed by atoms with Crippen molar-refractivity contribution in [1.82, 2.24) is 0 Å². The highest BCUT2D eigenvalue weighted by molar-refractivity contribution is 5.92. The molecule has 0 atom stereocenters. The molecule has 5 heteroatoms. The predicted octanol–water partition coefficient (Wildman–Crippen LogP) is 2.88. The minimum Gasteiger partial charge on any atom is -0.478 e. The van der Waals surface area contributed by atoms with Crippen LogP contribution in [0.25, 0.3) is 0 Å². The van der Waals surface area contributed by atoms with Gasteiger partial charge in [-0.25, -0.2) is 15.1 Å². The van der Waals surface area contributed by atoms with Gasteiger partial charge in [0, 0.05) is 0 Å². The van der Waals surface area contributed by atoms with E-state index in [2.05, 4.69) is 5.48 Å². The Morgan fingerprint density at radius 3 is 2.05 bits per heavy atom. The van der Waals surface area contributed by atoms with Crippen LogP contribution in [0.1, 0.15) is 26.3 Å². The molecule has 5 nitrogen and oxygen atoms in total. The molecule has 2 aromatic rings. The Hall–Kier alpha value is -2.82. The molecule has 0 spiro atoms. The molecule has 0 bridgehead atoms. The summed E-state index contributed by atoms with van der Waals surface area (Å²) < 4.78 is 0. The predicted molar refractivity (Wildman–Crippen MR) is 73.6 cm³/mol. The van der Waals surface area contributed by atoms with E-state index in [-0.39, 0.29) is 11.1 Å². The van der Waals surface area contributed by atoms with Crippen LogP contribution in [0, 0.1) is 6.92 Å². The first-order chi connectivity index (χ1) is 9.56. The van der Waals surface area contributed by atoms with Gasteiger partial charge in [-0.15, -0.1) is 0 Å². The second-order valence-electron chi connectivity index (χ2n) is 4.24. The standard InChI is InChI=1S/C15H13NO4/c1-10-2-8-13(9-3-10)16-20-15(19)12-6-4-11(5-7-12)14(17)18/h2-9,16H,1H3,(H,17,18). The summed E-state index contributed by atoms with van der Waals surface area (Å²) in [6, 6.07) is 12.9. The monoisotopic (exact) mass is 271 g/mol. The van der Waals surface area contributed by atoms with Crippen molar-refractivity contribution in [1.29, 1.82) is 0 Å². The van der Waals surface area contributed by atoms with Crippen molar-refractivity contribution < 1.29 is 19.5 Å². The molecule has 0 heterocycles. The van der Waals surface area contributed by atoms with Crippen LogP contribution in [0.3, 0.4) is 0 Å². The number of carbonyl (C=O) groups is 2. The largest absolute Gasteiger partial charge is 0.478 e. The minimum atomic E-state index is -1.04. The molecule has 0 radical (unpaired) electrons. The van der Waals surface area contributed by atoms with Gasteiger partial charge in [0.2, 0.25) is 0 Å². The topological polar surface area (TPSA) is 75.6 Å². The number of carboxylic acids is 1. The number of nitrogens with one attached hydrogen (secondary N) is 1. The smallest absolute Gasteiger partial charge is 0.362 e. The van der Waals surface area contributed by atoms with Crippen LogP contribution in [-0.4, -0.2) is 17.0 Å². The molecule has 102 valence electrons. The SMILES string of the molecule is Cc1ccc(NOC(=O)c2ccc(C(=O)O)cc2)cc1. The van der Waals surface area contributed by atoms with E-state index in [1.54, 1.807) is 12.1 Å². The second-order valence-corrected chi connectivity index (χ2v) is 4.24. The number of hydrogen-bond acceptors (Lipinski definition) is 4. The third kappa shape index (κ3) is 3.35. The number of hydrogen-bond donors (Lipinski definition) is 2. The highest BCUT2D eigenvalue weighted by Crippen LogP contribution is 2.10. The molecular formula is C15H13NO4. The molecule has 0 fully saturated rings. The Morgan fingerprint density at radius 1 is 0.950 bits per heavy atom. The second kappa shape index (κ2) is 5.88. The Kier molecular flexibility index (Phi) is 4.00. The van der Waals surface area contributed by atoms with Crippen LogP contribution in [0.4, 0.5) is 5.69 Å². The van der Waals surface area contributed by atoms with Gasteiger partial charge in [0.15, 0.2) is 0 Å². The van der Waals surface area contributed by atoms with E-state index in [0.717, 1.165) is 5.56 Å². The van der Waals surface area contributed by atoms with E-state index in [0.29, 0.717) is 5.69 Å². The van der Waals surface area contributed by atoms with E-state index < -0.39 is 11.9 Å². The molecule has 0 aromatic heterocycles. The summed E-state index contributed by atoms with van der Waals surface area (Å²) in [5.74, 6) is -1.62. The van der Waals surface area contributed by atoms with Gasteiger partial charge in [-0.1, -0.05) is 17.7 Å². The summed E-state index contributed by atoms with van der Waals surface area (Å²) in [5, 5.41) is 8.76. The maximum absolute atomic E-state index is 11.7. The fraction of sp³-hybridized carbons (Fsp3) is 0.0667. The van der Waals surface area contributed by atoms with Crippen LogP contribution in [0.5, 0.6) is 0 Å². The van der Waals surface area contributed by atoms with E-state index in [9.17, 15) is 9.59 Å². The average molecular weight is 271 g/mol. The highest BCUT2D eigenvalue weighted by atomic mass is 16.7. The fourth-order valence-electron chi connectivity index (χ4n) is 1.53. The summed E-state index contributed by atoms with van der Waals surface area (Å²) in [7, 11) is 0. The molecule has 20 heavy (non-hydrogen) atoms. The molecule has 0 saturated carbocycles. The van der Waals surface area contributed by atoms with Gasteiger partial charge in [0.05, 0.1) is 16.8 Å².